The number of ether oxygens (including phenoxy) is 1. The lowest BCUT2D eigenvalue weighted by Crippen LogP contribution is -2.12. The maximum atomic E-state index is 5.01. The molecule has 0 aliphatic heterocycles. The van der Waals surface area contributed by atoms with Gasteiger partial charge in [0.2, 0.25) is 17.8 Å². The Hall–Kier alpha value is -2.45. The van der Waals surface area contributed by atoms with E-state index in [4.69, 9.17) is 9.26 Å². The van der Waals surface area contributed by atoms with Gasteiger partial charge in [0.25, 0.3) is 0 Å². The van der Waals surface area contributed by atoms with E-state index in [9.17, 15) is 0 Å². The van der Waals surface area contributed by atoms with Crippen LogP contribution in [0.3, 0.4) is 0 Å². The zero-order chi connectivity index (χ0) is 13.5. The van der Waals surface area contributed by atoms with Crippen LogP contribution in [0.5, 0.6) is 6.01 Å². The Morgan fingerprint density at radius 1 is 1.21 bits per heavy atom. The monoisotopic (exact) mass is 265 g/mol. The molecule has 0 saturated heterocycles. The van der Waals surface area contributed by atoms with Crippen LogP contribution in [-0.4, -0.2) is 45.3 Å². The predicted octanol–water partition coefficient (Wildman–Crippen LogP) is 0.350. The molecule has 102 valence electrons. The lowest BCUT2D eigenvalue weighted by molar-refractivity contribution is 0.378. The molecule has 9 nitrogen and oxygen atoms in total. The summed E-state index contributed by atoms with van der Waals surface area (Å²) in [5.74, 6) is 1.46. The number of anilines is 2. The van der Waals surface area contributed by atoms with Crippen LogP contribution in [0.1, 0.15) is 12.8 Å². The summed E-state index contributed by atoms with van der Waals surface area (Å²) in [6, 6.07) is 0.256. The van der Waals surface area contributed by atoms with Crippen LogP contribution >= 0.6 is 0 Å². The second kappa shape index (κ2) is 6.47. The Labute approximate surface area is 109 Å². The third-order valence-electron chi connectivity index (χ3n) is 2.16. The molecule has 0 amide bonds. The van der Waals surface area contributed by atoms with E-state index in [1.807, 2.05) is 6.92 Å². The standard InChI is InChI=1S/C10H15N7O2/c1-3-11-8-15-9(17-10(16-8)18-2)12-5-4-7-13-6-14-19-7/h6H,3-5H2,1-2H3,(H2,11,12,15,16,17). The van der Waals surface area contributed by atoms with Gasteiger partial charge in [0.05, 0.1) is 7.11 Å². The first-order chi connectivity index (χ1) is 9.31. The summed E-state index contributed by atoms with van der Waals surface area (Å²) < 4.78 is 9.90. The van der Waals surface area contributed by atoms with E-state index in [1.165, 1.54) is 13.4 Å². The van der Waals surface area contributed by atoms with Crippen molar-refractivity contribution in [3.8, 4) is 6.01 Å². The van der Waals surface area contributed by atoms with Crippen LogP contribution in [0.2, 0.25) is 0 Å². The number of hydrogen-bond acceptors (Lipinski definition) is 9. The average Bonchev–Trinajstić information content (AvgIpc) is 2.92. The van der Waals surface area contributed by atoms with Crippen molar-refractivity contribution in [2.24, 2.45) is 0 Å². The summed E-state index contributed by atoms with van der Waals surface area (Å²) in [7, 11) is 1.51. The fraction of sp³-hybridized carbons (Fsp3) is 0.500. The Morgan fingerprint density at radius 3 is 2.63 bits per heavy atom. The number of hydrogen-bond donors (Lipinski definition) is 2. The van der Waals surface area contributed by atoms with E-state index in [2.05, 4.69) is 35.7 Å². The summed E-state index contributed by atoms with van der Waals surface area (Å²) >= 11 is 0. The van der Waals surface area contributed by atoms with Crippen LogP contribution in [-0.2, 0) is 6.42 Å². The van der Waals surface area contributed by atoms with Gasteiger partial charge in [-0.25, -0.2) is 0 Å². The van der Waals surface area contributed by atoms with E-state index in [0.717, 1.165) is 0 Å². The fourth-order valence-electron chi connectivity index (χ4n) is 1.35. The molecule has 0 spiro atoms. The second-order valence-corrected chi connectivity index (χ2v) is 3.51. The molecule has 2 heterocycles. The highest BCUT2D eigenvalue weighted by Crippen LogP contribution is 2.10. The number of aromatic nitrogens is 5. The zero-order valence-electron chi connectivity index (χ0n) is 10.8. The second-order valence-electron chi connectivity index (χ2n) is 3.51. The Kier molecular flexibility index (Phi) is 4.43. The third-order valence-corrected chi connectivity index (χ3v) is 2.16. The predicted molar refractivity (Wildman–Crippen MR) is 67.0 cm³/mol. The van der Waals surface area contributed by atoms with Crippen molar-refractivity contribution in [2.75, 3.05) is 30.8 Å². The van der Waals surface area contributed by atoms with Crippen LogP contribution in [0.15, 0.2) is 10.9 Å². The molecular weight excluding hydrogens is 250 g/mol. The number of methoxy groups -OCH3 is 1. The van der Waals surface area contributed by atoms with Crippen molar-refractivity contribution in [1.29, 1.82) is 0 Å². The Morgan fingerprint density at radius 2 is 2.00 bits per heavy atom. The first-order valence-electron chi connectivity index (χ1n) is 5.85. The van der Waals surface area contributed by atoms with Crippen molar-refractivity contribution < 1.29 is 9.26 Å². The van der Waals surface area contributed by atoms with E-state index in [-0.39, 0.29) is 6.01 Å². The Balaban J connectivity index is 1.96. The molecule has 9 heteroatoms. The SMILES string of the molecule is CCNc1nc(NCCc2ncno2)nc(OC)n1. The molecule has 2 aromatic heterocycles. The topological polar surface area (TPSA) is 111 Å². The summed E-state index contributed by atoms with van der Waals surface area (Å²) in [6.07, 6.45) is 1.95. The molecule has 19 heavy (non-hydrogen) atoms. The molecule has 0 atom stereocenters. The third kappa shape index (κ3) is 3.76. The van der Waals surface area contributed by atoms with E-state index in [1.54, 1.807) is 0 Å². The average molecular weight is 265 g/mol. The summed E-state index contributed by atoms with van der Waals surface area (Å²) in [5, 5.41) is 9.58. The van der Waals surface area contributed by atoms with Gasteiger partial charge in [-0.15, -0.1) is 0 Å². The molecule has 0 aliphatic rings. The maximum Gasteiger partial charge on any atom is 0.322 e. The van der Waals surface area contributed by atoms with Crippen molar-refractivity contribution in [3.63, 3.8) is 0 Å². The molecule has 0 fully saturated rings. The van der Waals surface area contributed by atoms with Gasteiger partial charge < -0.3 is 19.9 Å². The van der Waals surface area contributed by atoms with Gasteiger partial charge in [-0.2, -0.15) is 19.9 Å². The smallest absolute Gasteiger partial charge is 0.322 e. The van der Waals surface area contributed by atoms with Gasteiger partial charge in [-0.3, -0.25) is 0 Å². The van der Waals surface area contributed by atoms with Gasteiger partial charge in [0.1, 0.15) is 0 Å². The molecule has 2 N–H and O–H groups in total. The van der Waals surface area contributed by atoms with Gasteiger partial charge in [-0.1, -0.05) is 5.16 Å². The number of rotatable bonds is 7. The van der Waals surface area contributed by atoms with Crippen LogP contribution in [0.25, 0.3) is 0 Å². The molecule has 0 bridgehead atoms. The van der Waals surface area contributed by atoms with Gasteiger partial charge in [0, 0.05) is 19.5 Å². The van der Waals surface area contributed by atoms with Crippen LogP contribution in [0.4, 0.5) is 11.9 Å². The molecule has 0 aromatic carbocycles. The quantitative estimate of drug-likeness (QED) is 0.732. The molecule has 2 rings (SSSR count). The number of nitrogens with one attached hydrogen (secondary N) is 2. The highest BCUT2D eigenvalue weighted by Gasteiger charge is 2.06. The van der Waals surface area contributed by atoms with E-state index < -0.39 is 0 Å². The number of nitrogens with zero attached hydrogens (tertiary/aromatic N) is 5. The maximum absolute atomic E-state index is 5.01. The first-order valence-corrected chi connectivity index (χ1v) is 5.85. The summed E-state index contributed by atoms with van der Waals surface area (Å²) in [5.41, 5.74) is 0. The molecular formula is C10H15N7O2. The van der Waals surface area contributed by atoms with Gasteiger partial charge >= 0.3 is 6.01 Å². The van der Waals surface area contributed by atoms with Gasteiger partial charge in [-0.05, 0) is 6.92 Å². The minimum atomic E-state index is 0.256. The Bertz CT molecular complexity index is 503. The molecule has 0 aliphatic carbocycles. The van der Waals surface area contributed by atoms with Crippen LogP contribution in [0, 0.1) is 0 Å². The summed E-state index contributed by atoms with van der Waals surface area (Å²) in [4.78, 5) is 16.3. The highest BCUT2D eigenvalue weighted by molar-refractivity contribution is 5.35. The fourth-order valence-corrected chi connectivity index (χ4v) is 1.35. The lowest BCUT2D eigenvalue weighted by Gasteiger charge is -2.07. The van der Waals surface area contributed by atoms with Crippen LogP contribution < -0.4 is 15.4 Å². The van der Waals surface area contributed by atoms with E-state index in [0.29, 0.717) is 37.3 Å². The summed E-state index contributed by atoms with van der Waals surface area (Å²) in [6.45, 7) is 3.24. The molecule has 0 radical (unpaired) electrons. The van der Waals surface area contributed by atoms with Crippen molar-refractivity contribution >= 4 is 11.9 Å². The van der Waals surface area contributed by atoms with E-state index >= 15 is 0 Å². The minimum Gasteiger partial charge on any atom is -0.467 e. The van der Waals surface area contributed by atoms with Crippen molar-refractivity contribution in [1.82, 2.24) is 25.1 Å². The normalized spacial score (nSPS) is 10.2. The van der Waals surface area contributed by atoms with Crippen molar-refractivity contribution in [3.05, 3.63) is 12.2 Å². The molecule has 0 unspecified atom stereocenters. The minimum absolute atomic E-state index is 0.256. The first kappa shape index (κ1) is 13.0. The molecule has 2 aromatic rings. The largest absolute Gasteiger partial charge is 0.467 e. The highest BCUT2D eigenvalue weighted by atomic mass is 16.5. The molecule has 0 saturated carbocycles. The van der Waals surface area contributed by atoms with Crippen molar-refractivity contribution in [2.45, 2.75) is 13.3 Å². The van der Waals surface area contributed by atoms with Gasteiger partial charge in [0.15, 0.2) is 6.33 Å². The zero-order valence-corrected chi connectivity index (χ0v) is 10.8. The lowest BCUT2D eigenvalue weighted by atomic mass is 10.4.